The number of hydrogen-bond donors (Lipinski definition) is 1. The Morgan fingerprint density at radius 2 is 2.08 bits per heavy atom. The Labute approximate surface area is 145 Å². The second-order valence-corrected chi connectivity index (χ2v) is 6.93. The minimum absolute atomic E-state index is 0.0756. The Bertz CT molecular complexity index is 537. The summed E-state index contributed by atoms with van der Waals surface area (Å²) < 4.78 is 5.54. The average molecular weight is 331 g/mol. The van der Waals surface area contributed by atoms with Crippen LogP contribution in [0.15, 0.2) is 24.3 Å². The molecule has 0 aliphatic carbocycles. The Kier molecular flexibility index (Phi) is 6.10. The van der Waals surface area contributed by atoms with Crippen LogP contribution in [0.3, 0.4) is 0 Å². The van der Waals surface area contributed by atoms with E-state index < -0.39 is 0 Å². The average Bonchev–Trinajstić information content (AvgIpc) is 3.27. The van der Waals surface area contributed by atoms with Gasteiger partial charge in [0, 0.05) is 38.5 Å². The molecule has 2 aliphatic heterocycles. The summed E-state index contributed by atoms with van der Waals surface area (Å²) in [5.74, 6) is 0.0756. The molecule has 0 saturated carbocycles. The molecule has 2 saturated heterocycles. The fraction of sp³-hybridized carbons (Fsp3) is 0.632. The zero-order valence-electron chi connectivity index (χ0n) is 14.7. The van der Waals surface area contributed by atoms with Gasteiger partial charge in [0.15, 0.2) is 0 Å². The van der Waals surface area contributed by atoms with Crippen molar-refractivity contribution >= 4 is 11.6 Å². The third-order valence-electron chi connectivity index (χ3n) is 4.84. The van der Waals surface area contributed by atoms with Gasteiger partial charge in [-0.3, -0.25) is 9.69 Å². The van der Waals surface area contributed by atoms with Gasteiger partial charge in [-0.05, 0) is 44.4 Å². The van der Waals surface area contributed by atoms with Crippen molar-refractivity contribution in [1.82, 2.24) is 10.2 Å². The first-order chi connectivity index (χ1) is 11.7. The Balaban J connectivity index is 1.49. The van der Waals surface area contributed by atoms with Crippen molar-refractivity contribution in [3.63, 3.8) is 0 Å². The standard InChI is InChI=1S/C19H29N3O2/c1-21(15-19(23)20-13-17-8-6-12-24-17)14-16-7-2-3-9-18(16)22-10-4-5-11-22/h2-3,7,9,17H,4-6,8,10-15H2,1H3,(H,20,23)/t17-/m1/s1. The zero-order valence-corrected chi connectivity index (χ0v) is 14.7. The predicted molar refractivity (Wildman–Crippen MR) is 96.2 cm³/mol. The second-order valence-electron chi connectivity index (χ2n) is 6.93. The van der Waals surface area contributed by atoms with Gasteiger partial charge in [-0.1, -0.05) is 18.2 Å². The summed E-state index contributed by atoms with van der Waals surface area (Å²) >= 11 is 0. The first-order valence-electron chi connectivity index (χ1n) is 9.12. The molecule has 0 spiro atoms. The van der Waals surface area contributed by atoms with Gasteiger partial charge in [-0.2, -0.15) is 0 Å². The van der Waals surface area contributed by atoms with Crippen LogP contribution < -0.4 is 10.2 Å². The lowest BCUT2D eigenvalue weighted by molar-refractivity contribution is -0.122. The number of nitrogens with one attached hydrogen (secondary N) is 1. The van der Waals surface area contributed by atoms with E-state index in [4.69, 9.17) is 4.74 Å². The highest BCUT2D eigenvalue weighted by Gasteiger charge is 2.18. The minimum atomic E-state index is 0.0756. The maximum absolute atomic E-state index is 12.1. The van der Waals surface area contributed by atoms with Crippen LogP contribution in [0.2, 0.25) is 0 Å². The van der Waals surface area contributed by atoms with Crippen LogP contribution in [0.5, 0.6) is 0 Å². The third kappa shape index (κ3) is 4.71. The number of likely N-dealkylation sites (N-methyl/N-ethyl adjacent to an activating group) is 1. The summed E-state index contributed by atoms with van der Waals surface area (Å²) in [4.78, 5) is 16.7. The van der Waals surface area contributed by atoms with Crippen molar-refractivity contribution in [1.29, 1.82) is 0 Å². The molecule has 1 aromatic carbocycles. The predicted octanol–water partition coefficient (Wildman–Crippen LogP) is 2.01. The largest absolute Gasteiger partial charge is 0.376 e. The normalized spacial score (nSPS) is 20.8. The number of nitrogens with zero attached hydrogens (tertiary/aromatic N) is 2. The van der Waals surface area contributed by atoms with Gasteiger partial charge in [-0.25, -0.2) is 0 Å². The van der Waals surface area contributed by atoms with Crippen LogP contribution in [0, 0.1) is 0 Å². The molecule has 1 aromatic rings. The summed E-state index contributed by atoms with van der Waals surface area (Å²) in [6, 6.07) is 8.56. The number of para-hydroxylation sites is 1. The minimum Gasteiger partial charge on any atom is -0.376 e. The third-order valence-corrected chi connectivity index (χ3v) is 4.84. The summed E-state index contributed by atoms with van der Waals surface area (Å²) in [5, 5.41) is 2.99. The number of ether oxygens (including phenoxy) is 1. The quantitative estimate of drug-likeness (QED) is 0.830. The molecule has 3 rings (SSSR count). The molecule has 5 nitrogen and oxygen atoms in total. The topological polar surface area (TPSA) is 44.8 Å². The number of carbonyl (C=O) groups excluding carboxylic acids is 1. The first kappa shape index (κ1) is 17.2. The Morgan fingerprint density at radius 1 is 1.29 bits per heavy atom. The van der Waals surface area contributed by atoms with Gasteiger partial charge in [0.25, 0.3) is 0 Å². The van der Waals surface area contributed by atoms with Crippen LogP contribution in [-0.2, 0) is 16.1 Å². The van der Waals surface area contributed by atoms with E-state index in [0.717, 1.165) is 39.1 Å². The van der Waals surface area contributed by atoms with E-state index in [1.165, 1.54) is 24.1 Å². The molecule has 0 bridgehead atoms. The highest BCUT2D eigenvalue weighted by Crippen LogP contribution is 2.25. The van der Waals surface area contributed by atoms with E-state index in [0.29, 0.717) is 13.1 Å². The molecule has 5 heteroatoms. The highest BCUT2D eigenvalue weighted by molar-refractivity contribution is 5.78. The summed E-state index contributed by atoms with van der Waals surface area (Å²) in [6.07, 6.45) is 4.91. The smallest absolute Gasteiger partial charge is 0.234 e. The van der Waals surface area contributed by atoms with Gasteiger partial charge in [0.1, 0.15) is 0 Å². The number of anilines is 1. The molecule has 1 atom stereocenters. The molecular formula is C19H29N3O2. The SMILES string of the molecule is CN(CC(=O)NC[C@H]1CCCO1)Cc1ccccc1N1CCCC1. The van der Waals surface area contributed by atoms with Gasteiger partial charge >= 0.3 is 0 Å². The fourth-order valence-electron chi connectivity index (χ4n) is 3.59. The molecule has 24 heavy (non-hydrogen) atoms. The number of rotatable bonds is 7. The molecule has 1 amide bonds. The van der Waals surface area contributed by atoms with E-state index in [2.05, 4.69) is 39.4 Å². The molecule has 132 valence electrons. The zero-order chi connectivity index (χ0) is 16.8. The Hall–Kier alpha value is -1.59. The van der Waals surface area contributed by atoms with E-state index in [-0.39, 0.29) is 12.0 Å². The van der Waals surface area contributed by atoms with Crippen LogP contribution in [-0.4, -0.2) is 56.7 Å². The molecule has 0 unspecified atom stereocenters. The van der Waals surface area contributed by atoms with Crippen molar-refractivity contribution < 1.29 is 9.53 Å². The van der Waals surface area contributed by atoms with E-state index in [1.807, 2.05) is 7.05 Å². The molecule has 0 radical (unpaired) electrons. The van der Waals surface area contributed by atoms with Crippen LogP contribution >= 0.6 is 0 Å². The lowest BCUT2D eigenvalue weighted by atomic mass is 10.1. The van der Waals surface area contributed by atoms with Crippen LogP contribution in [0.25, 0.3) is 0 Å². The van der Waals surface area contributed by atoms with Crippen molar-refractivity contribution in [2.75, 3.05) is 44.7 Å². The van der Waals surface area contributed by atoms with E-state index >= 15 is 0 Å². The van der Waals surface area contributed by atoms with Crippen molar-refractivity contribution in [2.24, 2.45) is 0 Å². The molecular weight excluding hydrogens is 302 g/mol. The lowest BCUT2D eigenvalue weighted by Crippen LogP contribution is -2.38. The molecule has 1 N–H and O–H groups in total. The van der Waals surface area contributed by atoms with E-state index in [1.54, 1.807) is 0 Å². The number of hydrogen-bond acceptors (Lipinski definition) is 4. The van der Waals surface area contributed by atoms with Gasteiger partial charge in [0.05, 0.1) is 12.6 Å². The van der Waals surface area contributed by atoms with Crippen molar-refractivity contribution in [2.45, 2.75) is 38.3 Å². The molecule has 2 aliphatic rings. The second kappa shape index (κ2) is 8.49. The maximum Gasteiger partial charge on any atom is 0.234 e. The van der Waals surface area contributed by atoms with E-state index in [9.17, 15) is 4.79 Å². The summed E-state index contributed by atoms with van der Waals surface area (Å²) in [5.41, 5.74) is 2.62. The van der Waals surface area contributed by atoms with Gasteiger partial charge in [-0.15, -0.1) is 0 Å². The first-order valence-corrected chi connectivity index (χ1v) is 9.12. The van der Waals surface area contributed by atoms with Gasteiger partial charge < -0.3 is 15.0 Å². The molecule has 2 fully saturated rings. The monoisotopic (exact) mass is 331 g/mol. The number of benzene rings is 1. The van der Waals surface area contributed by atoms with Crippen LogP contribution in [0.4, 0.5) is 5.69 Å². The summed E-state index contributed by atoms with van der Waals surface area (Å²) in [6.45, 7) is 4.96. The highest BCUT2D eigenvalue weighted by atomic mass is 16.5. The van der Waals surface area contributed by atoms with Crippen LogP contribution in [0.1, 0.15) is 31.2 Å². The van der Waals surface area contributed by atoms with Crippen molar-refractivity contribution in [3.05, 3.63) is 29.8 Å². The maximum atomic E-state index is 12.1. The summed E-state index contributed by atoms with van der Waals surface area (Å²) in [7, 11) is 2.01. The fourth-order valence-corrected chi connectivity index (χ4v) is 3.59. The van der Waals surface area contributed by atoms with Gasteiger partial charge in [0.2, 0.25) is 5.91 Å². The van der Waals surface area contributed by atoms with Crippen molar-refractivity contribution in [3.8, 4) is 0 Å². The lowest BCUT2D eigenvalue weighted by Gasteiger charge is -2.24. The Morgan fingerprint density at radius 3 is 2.83 bits per heavy atom. The number of carbonyl (C=O) groups is 1. The molecule has 0 aromatic heterocycles. The molecule has 2 heterocycles. The number of amides is 1.